The van der Waals surface area contributed by atoms with Crippen molar-refractivity contribution in [2.24, 2.45) is 5.73 Å². The lowest BCUT2D eigenvalue weighted by Gasteiger charge is -2.06. The van der Waals surface area contributed by atoms with Crippen LogP contribution in [0.5, 0.6) is 0 Å². The van der Waals surface area contributed by atoms with Gasteiger partial charge < -0.3 is 10.5 Å². The first-order valence-corrected chi connectivity index (χ1v) is 7.53. The van der Waals surface area contributed by atoms with E-state index in [9.17, 15) is 17.6 Å². The van der Waals surface area contributed by atoms with E-state index in [-0.39, 0.29) is 18.7 Å². The van der Waals surface area contributed by atoms with Crippen LogP contribution in [0.4, 0.5) is 4.39 Å². The molecule has 0 saturated heterocycles. The van der Waals surface area contributed by atoms with Gasteiger partial charge in [-0.2, -0.15) is 0 Å². The van der Waals surface area contributed by atoms with E-state index in [1.165, 1.54) is 12.1 Å². The van der Waals surface area contributed by atoms with Crippen molar-refractivity contribution in [1.29, 1.82) is 0 Å². The third kappa shape index (κ3) is 4.96. The van der Waals surface area contributed by atoms with Gasteiger partial charge in [-0.3, -0.25) is 4.79 Å². The highest BCUT2D eigenvalue weighted by Gasteiger charge is 2.20. The van der Waals surface area contributed by atoms with E-state index in [2.05, 4.69) is 4.74 Å². The van der Waals surface area contributed by atoms with Crippen LogP contribution in [-0.4, -0.2) is 26.7 Å². The van der Waals surface area contributed by atoms with E-state index in [0.717, 1.165) is 0 Å². The molecular weight excluding hydrogens is 273 g/mol. The summed E-state index contributed by atoms with van der Waals surface area (Å²) >= 11 is 0. The molecule has 0 aromatic heterocycles. The van der Waals surface area contributed by atoms with Gasteiger partial charge in [-0.1, -0.05) is 12.1 Å². The quantitative estimate of drug-likeness (QED) is 0.781. The number of rotatable bonds is 6. The first kappa shape index (κ1) is 15.6. The number of sulfone groups is 1. The zero-order valence-electron chi connectivity index (χ0n) is 10.6. The minimum absolute atomic E-state index is 0.0153. The first-order valence-electron chi connectivity index (χ1n) is 5.71. The normalized spacial score (nSPS) is 11.3. The average Bonchev–Trinajstić information content (AvgIpc) is 2.31. The average molecular weight is 289 g/mol. The zero-order valence-corrected chi connectivity index (χ0v) is 11.4. The number of nitrogens with two attached hydrogens (primary N) is 1. The summed E-state index contributed by atoms with van der Waals surface area (Å²) in [6.45, 7) is 1.86. The molecule has 0 spiro atoms. The summed E-state index contributed by atoms with van der Waals surface area (Å²) in [7, 11) is -3.74. The Morgan fingerprint density at radius 1 is 1.42 bits per heavy atom. The highest BCUT2D eigenvalue weighted by molar-refractivity contribution is 7.91. The van der Waals surface area contributed by atoms with Crippen LogP contribution in [0.3, 0.4) is 0 Å². The molecule has 19 heavy (non-hydrogen) atoms. The minimum atomic E-state index is -3.74. The smallest absolute Gasteiger partial charge is 0.321 e. The van der Waals surface area contributed by atoms with E-state index < -0.39 is 33.1 Å². The highest BCUT2D eigenvalue weighted by Crippen LogP contribution is 2.14. The van der Waals surface area contributed by atoms with Crippen LogP contribution in [0, 0.1) is 5.82 Å². The van der Waals surface area contributed by atoms with Gasteiger partial charge >= 0.3 is 5.97 Å². The molecule has 7 heteroatoms. The Morgan fingerprint density at radius 3 is 2.63 bits per heavy atom. The van der Waals surface area contributed by atoms with Gasteiger partial charge in [-0.25, -0.2) is 12.8 Å². The fourth-order valence-electron chi connectivity index (χ4n) is 1.51. The molecular formula is C12H16FNO4S. The van der Waals surface area contributed by atoms with Crippen LogP contribution in [0.1, 0.15) is 18.1 Å². The Kier molecular flexibility index (Phi) is 5.44. The molecule has 0 atom stereocenters. The van der Waals surface area contributed by atoms with Crippen molar-refractivity contribution >= 4 is 15.8 Å². The van der Waals surface area contributed by atoms with Gasteiger partial charge in [0.15, 0.2) is 9.84 Å². The summed E-state index contributed by atoms with van der Waals surface area (Å²) in [6.07, 6.45) is 0. The monoisotopic (exact) mass is 289 g/mol. The molecule has 0 fully saturated rings. The Morgan fingerprint density at radius 2 is 2.11 bits per heavy atom. The molecule has 1 aromatic rings. The lowest BCUT2D eigenvalue weighted by Crippen LogP contribution is -2.20. The van der Waals surface area contributed by atoms with E-state index in [1.807, 2.05) is 0 Å². The van der Waals surface area contributed by atoms with Crippen molar-refractivity contribution in [3.8, 4) is 0 Å². The summed E-state index contributed by atoms with van der Waals surface area (Å²) in [4.78, 5) is 11.1. The Bertz CT molecular complexity index is 557. The number of benzene rings is 1. The summed E-state index contributed by atoms with van der Waals surface area (Å²) in [5, 5.41) is 0. The topological polar surface area (TPSA) is 86.5 Å². The van der Waals surface area contributed by atoms with Crippen molar-refractivity contribution in [2.75, 3.05) is 12.4 Å². The van der Waals surface area contributed by atoms with Gasteiger partial charge in [0, 0.05) is 12.1 Å². The molecule has 0 saturated carbocycles. The molecule has 0 aliphatic carbocycles. The van der Waals surface area contributed by atoms with Crippen molar-refractivity contribution in [3.05, 3.63) is 35.1 Å². The van der Waals surface area contributed by atoms with E-state index >= 15 is 0 Å². The summed E-state index contributed by atoms with van der Waals surface area (Å²) in [5.74, 6) is -2.77. The van der Waals surface area contributed by atoms with Crippen LogP contribution in [-0.2, 0) is 31.7 Å². The zero-order chi connectivity index (χ0) is 14.5. The second-order valence-electron chi connectivity index (χ2n) is 3.97. The maximum atomic E-state index is 13.6. The summed E-state index contributed by atoms with van der Waals surface area (Å²) in [6, 6.07) is 4.10. The van der Waals surface area contributed by atoms with Crippen LogP contribution >= 0.6 is 0 Å². The Hall–Kier alpha value is -1.47. The standard InChI is InChI=1S/C12H16FNO4S/c1-2-18-12(15)8-19(16,17)7-10-4-3-9(6-14)5-11(10)13/h3-5H,2,6-8,14H2,1H3. The lowest BCUT2D eigenvalue weighted by molar-refractivity contribution is -0.139. The molecule has 5 nitrogen and oxygen atoms in total. The van der Waals surface area contributed by atoms with E-state index in [1.54, 1.807) is 13.0 Å². The van der Waals surface area contributed by atoms with Gasteiger partial charge in [0.25, 0.3) is 0 Å². The fourth-order valence-corrected chi connectivity index (χ4v) is 2.76. The van der Waals surface area contributed by atoms with Gasteiger partial charge in [-0.15, -0.1) is 0 Å². The van der Waals surface area contributed by atoms with Gasteiger partial charge in [0.1, 0.15) is 11.6 Å². The SMILES string of the molecule is CCOC(=O)CS(=O)(=O)Cc1ccc(CN)cc1F. The minimum Gasteiger partial charge on any atom is -0.465 e. The maximum absolute atomic E-state index is 13.6. The van der Waals surface area contributed by atoms with Crippen molar-refractivity contribution in [2.45, 2.75) is 19.2 Å². The fraction of sp³-hybridized carbons (Fsp3) is 0.417. The van der Waals surface area contributed by atoms with Crippen LogP contribution in [0.2, 0.25) is 0 Å². The largest absolute Gasteiger partial charge is 0.465 e. The molecule has 0 aliphatic rings. The first-order chi connectivity index (χ1) is 8.88. The summed E-state index contributed by atoms with van der Waals surface area (Å²) < 4.78 is 41.6. The molecule has 0 radical (unpaired) electrons. The van der Waals surface area contributed by atoms with E-state index in [0.29, 0.717) is 5.56 Å². The molecule has 1 rings (SSSR count). The molecule has 2 N–H and O–H groups in total. The number of ether oxygens (including phenoxy) is 1. The number of hydrogen-bond donors (Lipinski definition) is 1. The number of esters is 1. The predicted molar refractivity (Wildman–Crippen MR) is 68.4 cm³/mol. The molecule has 106 valence electrons. The van der Waals surface area contributed by atoms with Gasteiger partial charge in [0.2, 0.25) is 0 Å². The Labute approximate surface area is 111 Å². The van der Waals surface area contributed by atoms with Crippen molar-refractivity contribution in [1.82, 2.24) is 0 Å². The molecule has 1 aromatic carbocycles. The van der Waals surface area contributed by atoms with Gasteiger partial charge in [-0.05, 0) is 18.6 Å². The third-order valence-electron chi connectivity index (χ3n) is 2.37. The van der Waals surface area contributed by atoms with Gasteiger partial charge in [0.05, 0.1) is 12.4 Å². The van der Waals surface area contributed by atoms with Crippen molar-refractivity contribution in [3.63, 3.8) is 0 Å². The highest BCUT2D eigenvalue weighted by atomic mass is 32.2. The third-order valence-corrected chi connectivity index (χ3v) is 3.80. The van der Waals surface area contributed by atoms with Crippen LogP contribution < -0.4 is 5.73 Å². The Balaban J connectivity index is 2.81. The summed E-state index contributed by atoms with van der Waals surface area (Å²) in [5.41, 5.74) is 5.94. The molecule has 0 heterocycles. The maximum Gasteiger partial charge on any atom is 0.321 e. The number of carbonyl (C=O) groups excluding carboxylic acids is 1. The number of carbonyl (C=O) groups is 1. The number of halogens is 1. The predicted octanol–water partition coefficient (Wildman–Crippen LogP) is 0.762. The molecule has 0 bridgehead atoms. The number of hydrogen-bond acceptors (Lipinski definition) is 5. The molecule has 0 aliphatic heterocycles. The second kappa shape index (κ2) is 6.63. The second-order valence-corrected chi connectivity index (χ2v) is 6.03. The molecule has 0 unspecified atom stereocenters. The van der Waals surface area contributed by atoms with Crippen LogP contribution in [0.25, 0.3) is 0 Å². The van der Waals surface area contributed by atoms with Crippen LogP contribution in [0.15, 0.2) is 18.2 Å². The lowest BCUT2D eigenvalue weighted by atomic mass is 10.1. The van der Waals surface area contributed by atoms with E-state index in [4.69, 9.17) is 5.73 Å². The van der Waals surface area contributed by atoms with Crippen molar-refractivity contribution < 1.29 is 22.3 Å². The molecule has 0 amide bonds.